The quantitative estimate of drug-likeness (QED) is 0.889. The number of hydrogen-bond donors (Lipinski definition) is 1. The first-order valence-corrected chi connectivity index (χ1v) is 7.02. The highest BCUT2D eigenvalue weighted by Gasteiger charge is 2.48. The lowest BCUT2D eigenvalue weighted by Gasteiger charge is -2.16. The van der Waals surface area contributed by atoms with Crippen LogP contribution in [0.2, 0.25) is 0 Å². The van der Waals surface area contributed by atoms with E-state index in [0.717, 1.165) is 18.5 Å². The predicted molar refractivity (Wildman–Crippen MR) is 71.4 cm³/mol. The van der Waals surface area contributed by atoms with Crippen LogP contribution in [0.1, 0.15) is 31.4 Å². The molecule has 4 atom stereocenters. The fraction of sp³-hybridized carbons (Fsp3) is 0.600. The maximum Gasteiger partial charge on any atom is 0.229 e. The standard InChI is InChI=1S/C15H19FN2O/c1-9-3-2-4-14(17-9)18-15(19)13-8-11(16)6-5-10-7-12(10)13/h2-4,10-13H,5-8H2,1H3,(H,17,18,19)/t10?,11-,12?,13+/m0/s1. The minimum absolute atomic E-state index is 0.0600. The van der Waals surface area contributed by atoms with Crippen LogP contribution in [0.5, 0.6) is 0 Å². The average molecular weight is 262 g/mol. The van der Waals surface area contributed by atoms with Crippen molar-refractivity contribution in [3.8, 4) is 0 Å². The van der Waals surface area contributed by atoms with E-state index in [2.05, 4.69) is 10.3 Å². The number of nitrogens with zero attached hydrogens (tertiary/aromatic N) is 1. The number of nitrogens with one attached hydrogen (secondary N) is 1. The van der Waals surface area contributed by atoms with Gasteiger partial charge in [-0.2, -0.15) is 0 Å². The molecule has 4 heteroatoms. The Labute approximate surface area is 112 Å². The van der Waals surface area contributed by atoms with E-state index < -0.39 is 6.17 Å². The third-order valence-electron chi connectivity index (χ3n) is 4.33. The molecule has 19 heavy (non-hydrogen) atoms. The second-order valence-electron chi connectivity index (χ2n) is 5.83. The monoisotopic (exact) mass is 262 g/mol. The topological polar surface area (TPSA) is 42.0 Å². The van der Waals surface area contributed by atoms with Crippen molar-refractivity contribution in [1.82, 2.24) is 4.98 Å². The van der Waals surface area contributed by atoms with Crippen LogP contribution in [0.15, 0.2) is 18.2 Å². The molecule has 3 nitrogen and oxygen atoms in total. The van der Waals surface area contributed by atoms with Crippen LogP contribution in [0.3, 0.4) is 0 Å². The van der Waals surface area contributed by atoms with Crippen LogP contribution < -0.4 is 5.32 Å². The van der Waals surface area contributed by atoms with Gasteiger partial charge in [0.2, 0.25) is 5.91 Å². The van der Waals surface area contributed by atoms with Crippen molar-refractivity contribution in [3.63, 3.8) is 0 Å². The van der Waals surface area contributed by atoms with Crippen molar-refractivity contribution in [1.29, 1.82) is 0 Å². The Kier molecular flexibility index (Phi) is 3.25. The van der Waals surface area contributed by atoms with Gasteiger partial charge < -0.3 is 5.32 Å². The van der Waals surface area contributed by atoms with Crippen molar-refractivity contribution in [2.45, 2.75) is 38.8 Å². The summed E-state index contributed by atoms with van der Waals surface area (Å²) >= 11 is 0. The number of alkyl halides is 1. The van der Waals surface area contributed by atoms with E-state index in [4.69, 9.17) is 0 Å². The normalized spacial score (nSPS) is 33.2. The fourth-order valence-corrected chi connectivity index (χ4v) is 3.19. The third-order valence-corrected chi connectivity index (χ3v) is 4.33. The van der Waals surface area contributed by atoms with Gasteiger partial charge in [-0.05, 0) is 56.6 Å². The summed E-state index contributed by atoms with van der Waals surface area (Å²) in [7, 11) is 0. The Hall–Kier alpha value is -1.45. The number of hydrogen-bond acceptors (Lipinski definition) is 2. The van der Waals surface area contributed by atoms with E-state index in [1.54, 1.807) is 6.07 Å². The number of carbonyl (C=O) groups is 1. The van der Waals surface area contributed by atoms with E-state index >= 15 is 0 Å². The molecule has 102 valence electrons. The zero-order valence-electron chi connectivity index (χ0n) is 11.1. The molecule has 2 fully saturated rings. The van der Waals surface area contributed by atoms with Crippen molar-refractivity contribution < 1.29 is 9.18 Å². The van der Waals surface area contributed by atoms with Gasteiger partial charge in [0, 0.05) is 11.6 Å². The molecule has 3 rings (SSSR count). The van der Waals surface area contributed by atoms with E-state index in [9.17, 15) is 9.18 Å². The molecule has 0 saturated heterocycles. The van der Waals surface area contributed by atoms with Crippen LogP contribution >= 0.6 is 0 Å². The van der Waals surface area contributed by atoms with Gasteiger partial charge in [0.25, 0.3) is 0 Å². The van der Waals surface area contributed by atoms with Crippen LogP contribution in [-0.4, -0.2) is 17.1 Å². The van der Waals surface area contributed by atoms with Gasteiger partial charge in [0.05, 0.1) is 0 Å². The maximum atomic E-state index is 13.7. The molecule has 2 unspecified atom stereocenters. The lowest BCUT2D eigenvalue weighted by atomic mass is 9.96. The fourth-order valence-electron chi connectivity index (χ4n) is 3.19. The van der Waals surface area contributed by atoms with Crippen molar-refractivity contribution >= 4 is 11.7 Å². The number of aryl methyl sites for hydroxylation is 1. The SMILES string of the molecule is Cc1cccc(NC(=O)[C@@H]2C[C@@H](F)CCC3CC32)n1. The number of aromatic nitrogens is 1. The first kappa shape index (κ1) is 12.6. The molecule has 1 heterocycles. The van der Waals surface area contributed by atoms with Crippen LogP contribution in [0.25, 0.3) is 0 Å². The Morgan fingerprint density at radius 3 is 3.00 bits per heavy atom. The molecule has 1 N–H and O–H groups in total. The largest absolute Gasteiger partial charge is 0.310 e. The minimum atomic E-state index is -0.825. The molecule has 0 aromatic carbocycles. The molecule has 2 aliphatic carbocycles. The van der Waals surface area contributed by atoms with Gasteiger partial charge >= 0.3 is 0 Å². The van der Waals surface area contributed by atoms with Gasteiger partial charge in [-0.3, -0.25) is 4.79 Å². The number of rotatable bonds is 2. The molecule has 0 aliphatic heterocycles. The summed E-state index contributed by atoms with van der Waals surface area (Å²) in [4.78, 5) is 16.6. The van der Waals surface area contributed by atoms with Gasteiger partial charge in [0.15, 0.2) is 0 Å². The van der Waals surface area contributed by atoms with E-state index in [-0.39, 0.29) is 11.8 Å². The summed E-state index contributed by atoms with van der Waals surface area (Å²) in [6.45, 7) is 1.88. The molecule has 0 bridgehead atoms. The molecule has 1 amide bonds. The molecule has 0 radical (unpaired) electrons. The molecule has 0 spiro atoms. The smallest absolute Gasteiger partial charge is 0.229 e. The molecule has 1 aromatic heterocycles. The Morgan fingerprint density at radius 2 is 2.21 bits per heavy atom. The summed E-state index contributed by atoms with van der Waals surface area (Å²) in [5, 5.41) is 2.84. The summed E-state index contributed by atoms with van der Waals surface area (Å²) < 4.78 is 13.7. The molecule has 2 saturated carbocycles. The van der Waals surface area contributed by atoms with Gasteiger partial charge in [0.1, 0.15) is 12.0 Å². The lowest BCUT2D eigenvalue weighted by Crippen LogP contribution is -2.27. The number of anilines is 1. The van der Waals surface area contributed by atoms with Crippen LogP contribution in [-0.2, 0) is 4.79 Å². The van der Waals surface area contributed by atoms with Crippen LogP contribution in [0.4, 0.5) is 10.2 Å². The van der Waals surface area contributed by atoms with Crippen molar-refractivity contribution in [3.05, 3.63) is 23.9 Å². The third kappa shape index (κ3) is 2.77. The van der Waals surface area contributed by atoms with Crippen LogP contribution in [0, 0.1) is 24.7 Å². The second kappa shape index (κ2) is 4.91. The highest BCUT2D eigenvalue weighted by molar-refractivity contribution is 5.92. The maximum absolute atomic E-state index is 13.7. The summed E-state index contributed by atoms with van der Waals surface area (Å²) in [5.74, 6) is 1.30. The average Bonchev–Trinajstić information content (AvgIpc) is 3.12. The minimum Gasteiger partial charge on any atom is -0.310 e. The molecular formula is C15H19FN2O. The van der Waals surface area contributed by atoms with Gasteiger partial charge in [-0.25, -0.2) is 9.37 Å². The van der Waals surface area contributed by atoms with Gasteiger partial charge in [-0.1, -0.05) is 6.07 Å². The zero-order valence-corrected chi connectivity index (χ0v) is 11.1. The lowest BCUT2D eigenvalue weighted by molar-refractivity contribution is -0.121. The molecule has 1 aromatic rings. The zero-order chi connectivity index (χ0) is 13.4. The number of carbonyl (C=O) groups excluding carboxylic acids is 1. The summed E-state index contributed by atoms with van der Waals surface area (Å²) in [6, 6.07) is 5.53. The highest BCUT2D eigenvalue weighted by atomic mass is 19.1. The molecule has 2 aliphatic rings. The number of amides is 1. The molecular weight excluding hydrogens is 243 g/mol. The highest BCUT2D eigenvalue weighted by Crippen LogP contribution is 2.51. The Bertz CT molecular complexity index is 489. The van der Waals surface area contributed by atoms with E-state index in [1.807, 2.05) is 19.1 Å². The van der Waals surface area contributed by atoms with Crippen molar-refractivity contribution in [2.75, 3.05) is 5.32 Å². The van der Waals surface area contributed by atoms with E-state index in [1.165, 1.54) is 0 Å². The number of pyridine rings is 1. The number of halogens is 1. The first-order valence-electron chi connectivity index (χ1n) is 7.02. The van der Waals surface area contributed by atoms with Crippen molar-refractivity contribution in [2.24, 2.45) is 17.8 Å². The van der Waals surface area contributed by atoms with Gasteiger partial charge in [-0.15, -0.1) is 0 Å². The Balaban J connectivity index is 1.69. The first-order chi connectivity index (χ1) is 9.13. The Morgan fingerprint density at radius 1 is 1.37 bits per heavy atom. The van der Waals surface area contributed by atoms with E-state index in [0.29, 0.717) is 30.5 Å². The summed E-state index contributed by atoms with van der Waals surface area (Å²) in [6.07, 6.45) is 2.20. The number of fused-ring (bicyclic) bond motifs is 1. The predicted octanol–water partition coefficient (Wildman–Crippen LogP) is 3.10. The summed E-state index contributed by atoms with van der Waals surface area (Å²) in [5.41, 5.74) is 0.867. The second-order valence-corrected chi connectivity index (χ2v) is 5.83.